The minimum absolute atomic E-state index is 0.0179. The Morgan fingerprint density at radius 3 is 2.37 bits per heavy atom. The number of unbranched alkanes of at least 4 members (excludes halogenated alkanes) is 4. The van der Waals surface area contributed by atoms with Gasteiger partial charge in [-0.15, -0.1) is 0 Å². The molecular weight excluding hydrogens is 240 g/mol. The molecule has 0 radical (unpaired) electrons. The molecule has 0 aliphatic carbocycles. The van der Waals surface area contributed by atoms with Gasteiger partial charge in [-0.3, -0.25) is 9.59 Å². The van der Waals surface area contributed by atoms with Crippen LogP contribution in [-0.4, -0.2) is 34.8 Å². The molecule has 2 amide bonds. The number of carbonyl (C=O) groups excluding carboxylic acids is 2. The van der Waals surface area contributed by atoms with E-state index in [-0.39, 0.29) is 17.9 Å². The van der Waals surface area contributed by atoms with E-state index in [0.717, 1.165) is 12.8 Å². The van der Waals surface area contributed by atoms with Gasteiger partial charge in [-0.2, -0.15) is 0 Å². The molecule has 0 aromatic carbocycles. The molecule has 19 heavy (non-hydrogen) atoms. The van der Waals surface area contributed by atoms with E-state index in [1.807, 2.05) is 13.8 Å². The summed E-state index contributed by atoms with van der Waals surface area (Å²) in [7, 11) is 0. The van der Waals surface area contributed by atoms with E-state index < -0.39 is 5.54 Å². The highest BCUT2D eigenvalue weighted by Crippen LogP contribution is 2.25. The molecule has 1 saturated heterocycles. The van der Waals surface area contributed by atoms with E-state index in [2.05, 4.69) is 12.2 Å². The van der Waals surface area contributed by atoms with Crippen LogP contribution in [0.1, 0.15) is 66.2 Å². The Morgan fingerprint density at radius 1 is 1.16 bits per heavy atom. The zero-order valence-corrected chi connectivity index (χ0v) is 12.8. The third kappa shape index (κ3) is 3.48. The van der Waals surface area contributed by atoms with E-state index in [1.54, 1.807) is 11.8 Å². The van der Waals surface area contributed by atoms with Gasteiger partial charge in [-0.25, -0.2) is 0 Å². The van der Waals surface area contributed by atoms with Crippen LogP contribution < -0.4 is 5.32 Å². The third-order valence-electron chi connectivity index (χ3n) is 4.24. The molecule has 0 spiro atoms. The van der Waals surface area contributed by atoms with Crippen LogP contribution in [0.4, 0.5) is 0 Å². The highest BCUT2D eigenvalue weighted by Gasteiger charge is 2.46. The highest BCUT2D eigenvalue weighted by atomic mass is 16.2. The second-order valence-corrected chi connectivity index (χ2v) is 5.73. The van der Waals surface area contributed by atoms with Crippen LogP contribution in [0.25, 0.3) is 0 Å². The van der Waals surface area contributed by atoms with E-state index in [9.17, 15) is 9.59 Å². The van der Waals surface area contributed by atoms with Gasteiger partial charge < -0.3 is 10.2 Å². The third-order valence-corrected chi connectivity index (χ3v) is 4.24. The second-order valence-electron chi connectivity index (χ2n) is 5.73. The van der Waals surface area contributed by atoms with Gasteiger partial charge in [0.1, 0.15) is 11.6 Å². The number of rotatable bonds is 7. The lowest BCUT2D eigenvalue weighted by atomic mass is 9.90. The van der Waals surface area contributed by atoms with Gasteiger partial charge in [-0.1, -0.05) is 39.5 Å². The first-order valence-electron chi connectivity index (χ1n) is 7.59. The first-order chi connectivity index (χ1) is 8.97. The molecule has 1 aliphatic rings. The van der Waals surface area contributed by atoms with Crippen molar-refractivity contribution in [3.63, 3.8) is 0 Å². The van der Waals surface area contributed by atoms with Gasteiger partial charge in [0.2, 0.25) is 11.8 Å². The molecule has 1 fully saturated rings. The SMILES string of the molecule is CCCCCCCN1C(=O)C(C)NC(=O)C1(C)CC. The normalized spacial score (nSPS) is 27.6. The van der Waals surface area contributed by atoms with E-state index in [0.29, 0.717) is 13.0 Å². The van der Waals surface area contributed by atoms with Crippen LogP contribution in [0.2, 0.25) is 0 Å². The van der Waals surface area contributed by atoms with Crippen LogP contribution in [0.3, 0.4) is 0 Å². The molecule has 2 atom stereocenters. The summed E-state index contributed by atoms with van der Waals surface area (Å²) < 4.78 is 0. The van der Waals surface area contributed by atoms with Crippen molar-refractivity contribution in [3.05, 3.63) is 0 Å². The fraction of sp³-hybridized carbons (Fsp3) is 0.867. The summed E-state index contributed by atoms with van der Waals surface area (Å²) in [6, 6.07) is -0.386. The Balaban J connectivity index is 2.63. The van der Waals surface area contributed by atoms with E-state index in [1.165, 1.54) is 19.3 Å². The Hall–Kier alpha value is -1.06. The summed E-state index contributed by atoms with van der Waals surface area (Å²) in [5.41, 5.74) is -0.672. The first kappa shape index (κ1) is 16.0. The van der Waals surface area contributed by atoms with Gasteiger partial charge in [-0.05, 0) is 26.7 Å². The van der Waals surface area contributed by atoms with E-state index in [4.69, 9.17) is 0 Å². The molecule has 2 unspecified atom stereocenters. The van der Waals surface area contributed by atoms with Gasteiger partial charge in [0.25, 0.3) is 0 Å². The predicted molar refractivity (Wildman–Crippen MR) is 76.8 cm³/mol. The number of nitrogens with one attached hydrogen (secondary N) is 1. The number of carbonyl (C=O) groups is 2. The Bertz CT molecular complexity index is 330. The lowest BCUT2D eigenvalue weighted by Crippen LogP contribution is -2.68. The van der Waals surface area contributed by atoms with Crippen molar-refractivity contribution in [1.29, 1.82) is 0 Å². The zero-order chi connectivity index (χ0) is 14.5. The van der Waals surface area contributed by atoms with Crippen molar-refractivity contribution in [1.82, 2.24) is 10.2 Å². The number of amides is 2. The zero-order valence-electron chi connectivity index (χ0n) is 12.8. The maximum atomic E-state index is 12.3. The maximum Gasteiger partial charge on any atom is 0.246 e. The van der Waals surface area contributed by atoms with Gasteiger partial charge in [0.15, 0.2) is 0 Å². The molecular formula is C15H28N2O2. The molecule has 1 rings (SSSR count). The molecule has 1 heterocycles. The van der Waals surface area contributed by atoms with Crippen molar-refractivity contribution in [2.45, 2.75) is 77.8 Å². The molecule has 0 aromatic rings. The first-order valence-corrected chi connectivity index (χ1v) is 7.59. The summed E-state index contributed by atoms with van der Waals surface area (Å²) in [4.78, 5) is 26.2. The predicted octanol–water partition coefficient (Wildman–Crippen LogP) is 2.47. The van der Waals surface area contributed by atoms with Crippen LogP contribution in [0.5, 0.6) is 0 Å². The van der Waals surface area contributed by atoms with Crippen molar-refractivity contribution >= 4 is 11.8 Å². The standard InChI is InChI=1S/C15H28N2O2/c1-5-7-8-9-10-11-17-13(18)12(3)16-14(19)15(17,4)6-2/h12H,5-11H2,1-4H3,(H,16,19). The lowest BCUT2D eigenvalue weighted by Gasteiger charge is -2.45. The molecule has 4 nitrogen and oxygen atoms in total. The summed E-state index contributed by atoms with van der Waals surface area (Å²) in [5.74, 6) is 0.0371. The molecule has 0 aromatic heterocycles. The smallest absolute Gasteiger partial charge is 0.246 e. The highest BCUT2D eigenvalue weighted by molar-refractivity contribution is 5.99. The van der Waals surface area contributed by atoms with Gasteiger partial charge in [0, 0.05) is 6.54 Å². The molecule has 4 heteroatoms. The Labute approximate surface area is 116 Å². The number of hydrogen-bond donors (Lipinski definition) is 1. The molecule has 110 valence electrons. The second kappa shape index (κ2) is 6.92. The minimum atomic E-state index is -0.672. The van der Waals surface area contributed by atoms with Gasteiger partial charge in [0.05, 0.1) is 0 Å². The maximum absolute atomic E-state index is 12.3. The van der Waals surface area contributed by atoms with Crippen LogP contribution in [0, 0.1) is 0 Å². The summed E-state index contributed by atoms with van der Waals surface area (Å²) >= 11 is 0. The number of piperazine rings is 1. The Kier molecular flexibility index (Phi) is 5.83. The fourth-order valence-corrected chi connectivity index (χ4v) is 2.60. The van der Waals surface area contributed by atoms with Crippen molar-refractivity contribution in [2.75, 3.05) is 6.54 Å². The fourth-order valence-electron chi connectivity index (χ4n) is 2.60. The van der Waals surface area contributed by atoms with E-state index >= 15 is 0 Å². The molecule has 1 N–H and O–H groups in total. The monoisotopic (exact) mass is 268 g/mol. The molecule has 1 aliphatic heterocycles. The minimum Gasteiger partial charge on any atom is -0.343 e. The summed E-state index contributed by atoms with van der Waals surface area (Å²) in [6.45, 7) is 8.49. The van der Waals surface area contributed by atoms with Gasteiger partial charge >= 0.3 is 0 Å². The molecule has 0 saturated carbocycles. The van der Waals surface area contributed by atoms with Crippen LogP contribution in [-0.2, 0) is 9.59 Å². The Morgan fingerprint density at radius 2 is 1.79 bits per heavy atom. The topological polar surface area (TPSA) is 49.4 Å². The average Bonchev–Trinajstić information content (AvgIpc) is 2.39. The van der Waals surface area contributed by atoms with Crippen LogP contribution >= 0.6 is 0 Å². The van der Waals surface area contributed by atoms with Crippen molar-refractivity contribution < 1.29 is 9.59 Å². The number of nitrogens with zero attached hydrogens (tertiary/aromatic N) is 1. The number of hydrogen-bond acceptors (Lipinski definition) is 2. The average molecular weight is 268 g/mol. The quantitative estimate of drug-likeness (QED) is 0.721. The largest absolute Gasteiger partial charge is 0.343 e. The van der Waals surface area contributed by atoms with Crippen LogP contribution in [0.15, 0.2) is 0 Å². The van der Waals surface area contributed by atoms with Crippen molar-refractivity contribution in [2.24, 2.45) is 0 Å². The summed E-state index contributed by atoms with van der Waals surface area (Å²) in [6.07, 6.45) is 6.45. The van der Waals surface area contributed by atoms with Crippen molar-refractivity contribution in [3.8, 4) is 0 Å². The lowest BCUT2D eigenvalue weighted by molar-refractivity contribution is -0.156. The summed E-state index contributed by atoms with van der Waals surface area (Å²) in [5, 5.41) is 2.78. The molecule has 0 bridgehead atoms.